The Morgan fingerprint density at radius 3 is 2.67 bits per heavy atom. The molecule has 1 N–H and O–H groups in total. The number of nitrogens with one attached hydrogen (secondary N) is 1. The first-order chi connectivity index (χ1) is 14.3. The minimum Gasteiger partial charge on any atom is -0.444 e. The number of hydrogen-bond acceptors (Lipinski definition) is 4. The van der Waals surface area contributed by atoms with E-state index in [1.165, 1.54) is 11.1 Å². The summed E-state index contributed by atoms with van der Waals surface area (Å²) in [5.41, 5.74) is 4.17. The van der Waals surface area contributed by atoms with Crippen molar-refractivity contribution in [2.45, 2.75) is 52.3 Å². The number of imidazole rings is 1. The third-order valence-corrected chi connectivity index (χ3v) is 5.42. The number of alkyl carbamates (subject to hydrolysis) is 1. The summed E-state index contributed by atoms with van der Waals surface area (Å²) in [7, 11) is 0. The zero-order valence-electron chi connectivity index (χ0n) is 18.2. The normalized spacial score (nSPS) is 16.8. The average molecular weight is 407 g/mol. The number of aromatic nitrogens is 2. The number of carbonyl (C=O) groups is 1. The number of benzene rings is 2. The molecule has 0 aliphatic carbocycles. The number of hydrogen-bond donors (Lipinski definition) is 1. The Labute approximate surface area is 177 Å². The fourth-order valence-electron chi connectivity index (χ4n) is 3.95. The number of para-hydroxylation sites is 2. The predicted molar refractivity (Wildman–Crippen MR) is 120 cm³/mol. The molecule has 1 aromatic heterocycles. The van der Waals surface area contributed by atoms with E-state index >= 15 is 0 Å². The van der Waals surface area contributed by atoms with Gasteiger partial charge in [0.2, 0.25) is 5.95 Å². The zero-order valence-corrected chi connectivity index (χ0v) is 18.2. The fraction of sp³-hybridized carbons (Fsp3) is 0.417. The van der Waals surface area contributed by atoms with Gasteiger partial charge in [-0.05, 0) is 57.4 Å². The van der Waals surface area contributed by atoms with Gasteiger partial charge in [-0.25, -0.2) is 9.78 Å². The molecule has 30 heavy (non-hydrogen) atoms. The van der Waals surface area contributed by atoms with Gasteiger partial charge in [-0.1, -0.05) is 36.4 Å². The minimum absolute atomic E-state index is 0.0478. The van der Waals surface area contributed by atoms with Crippen molar-refractivity contribution < 1.29 is 9.53 Å². The number of amides is 1. The number of nitrogens with zero attached hydrogens (tertiary/aromatic N) is 3. The Hall–Kier alpha value is -3.02. The molecule has 1 aliphatic heterocycles. The molecular formula is C24H30N4O2. The standard InChI is InChI=1S/C24H30N4O2/c1-17-9-5-6-10-18(17)15-28-21-12-8-7-11-20(21)26-22(28)27-14-13-19(16-27)25-23(29)30-24(2,3)4/h5-12,19H,13-16H2,1-4H3,(H,25,29). The Balaban J connectivity index is 1.57. The van der Waals surface area contributed by atoms with Crippen molar-refractivity contribution in [3.8, 4) is 0 Å². The molecule has 0 saturated carbocycles. The molecule has 0 bridgehead atoms. The average Bonchev–Trinajstić information content (AvgIpc) is 3.27. The summed E-state index contributed by atoms with van der Waals surface area (Å²) in [6, 6.07) is 16.8. The van der Waals surface area contributed by atoms with Crippen molar-refractivity contribution in [1.82, 2.24) is 14.9 Å². The van der Waals surface area contributed by atoms with E-state index in [1.54, 1.807) is 0 Å². The molecule has 6 heteroatoms. The summed E-state index contributed by atoms with van der Waals surface area (Å²) in [4.78, 5) is 19.4. The molecule has 1 aliphatic rings. The first-order valence-electron chi connectivity index (χ1n) is 10.5. The maximum atomic E-state index is 12.2. The van der Waals surface area contributed by atoms with Gasteiger partial charge in [0.25, 0.3) is 0 Å². The highest BCUT2D eigenvalue weighted by Crippen LogP contribution is 2.27. The van der Waals surface area contributed by atoms with Gasteiger partial charge in [0.15, 0.2) is 0 Å². The summed E-state index contributed by atoms with van der Waals surface area (Å²) in [5.74, 6) is 0.952. The van der Waals surface area contributed by atoms with Crippen LogP contribution in [-0.4, -0.2) is 40.4 Å². The summed E-state index contributed by atoms with van der Waals surface area (Å²) in [5, 5.41) is 3.01. The number of rotatable bonds is 4. The molecule has 6 nitrogen and oxygen atoms in total. The Morgan fingerprint density at radius 1 is 1.17 bits per heavy atom. The lowest BCUT2D eigenvalue weighted by molar-refractivity contribution is 0.0509. The molecule has 0 radical (unpaired) electrons. The van der Waals surface area contributed by atoms with E-state index in [9.17, 15) is 4.79 Å². The molecule has 4 rings (SSSR count). The van der Waals surface area contributed by atoms with Crippen LogP contribution in [0.5, 0.6) is 0 Å². The largest absolute Gasteiger partial charge is 0.444 e. The maximum absolute atomic E-state index is 12.2. The monoisotopic (exact) mass is 406 g/mol. The predicted octanol–water partition coefficient (Wildman–Crippen LogP) is 4.50. The Morgan fingerprint density at radius 2 is 1.90 bits per heavy atom. The lowest BCUT2D eigenvalue weighted by Gasteiger charge is -2.22. The van der Waals surface area contributed by atoms with Gasteiger partial charge < -0.3 is 19.5 Å². The molecule has 1 fully saturated rings. The van der Waals surface area contributed by atoms with Crippen LogP contribution in [-0.2, 0) is 11.3 Å². The molecule has 2 heterocycles. The van der Waals surface area contributed by atoms with Gasteiger partial charge in [0.1, 0.15) is 5.60 Å². The van der Waals surface area contributed by atoms with E-state index in [1.807, 2.05) is 26.8 Å². The van der Waals surface area contributed by atoms with Crippen molar-refractivity contribution in [2.24, 2.45) is 0 Å². The van der Waals surface area contributed by atoms with Gasteiger partial charge in [0.05, 0.1) is 23.6 Å². The van der Waals surface area contributed by atoms with Crippen LogP contribution in [0.1, 0.15) is 38.3 Å². The second-order valence-corrected chi connectivity index (χ2v) is 8.99. The SMILES string of the molecule is Cc1ccccc1Cn1c(N2CCC(NC(=O)OC(C)(C)C)C2)nc2ccccc21. The smallest absolute Gasteiger partial charge is 0.407 e. The highest BCUT2D eigenvalue weighted by molar-refractivity contribution is 5.79. The van der Waals surface area contributed by atoms with Crippen molar-refractivity contribution in [3.05, 3.63) is 59.7 Å². The van der Waals surface area contributed by atoms with Gasteiger partial charge in [-0.15, -0.1) is 0 Å². The first kappa shape index (κ1) is 20.3. The topological polar surface area (TPSA) is 59.4 Å². The van der Waals surface area contributed by atoms with E-state index in [0.29, 0.717) is 0 Å². The van der Waals surface area contributed by atoms with E-state index in [0.717, 1.165) is 43.0 Å². The lowest BCUT2D eigenvalue weighted by Crippen LogP contribution is -2.40. The third kappa shape index (κ3) is 4.42. The van der Waals surface area contributed by atoms with Gasteiger partial charge in [-0.3, -0.25) is 0 Å². The molecule has 1 atom stereocenters. The lowest BCUT2D eigenvalue weighted by atomic mass is 10.1. The molecule has 1 unspecified atom stereocenters. The van der Waals surface area contributed by atoms with Crippen molar-refractivity contribution >= 4 is 23.1 Å². The first-order valence-corrected chi connectivity index (χ1v) is 10.5. The van der Waals surface area contributed by atoms with Crippen LogP contribution < -0.4 is 10.2 Å². The van der Waals surface area contributed by atoms with E-state index in [4.69, 9.17) is 9.72 Å². The number of anilines is 1. The Kier molecular flexibility index (Phi) is 5.41. The van der Waals surface area contributed by atoms with Crippen LogP contribution in [0.2, 0.25) is 0 Å². The highest BCUT2D eigenvalue weighted by Gasteiger charge is 2.29. The summed E-state index contributed by atoms with van der Waals surface area (Å²) in [6.45, 7) is 10.1. The van der Waals surface area contributed by atoms with Crippen molar-refractivity contribution in [3.63, 3.8) is 0 Å². The van der Waals surface area contributed by atoms with E-state index < -0.39 is 5.60 Å². The molecule has 3 aromatic rings. The summed E-state index contributed by atoms with van der Waals surface area (Å²) < 4.78 is 7.70. The van der Waals surface area contributed by atoms with Crippen LogP contribution in [0.3, 0.4) is 0 Å². The number of aryl methyl sites for hydroxylation is 1. The van der Waals surface area contributed by atoms with Crippen LogP contribution in [0.25, 0.3) is 11.0 Å². The summed E-state index contributed by atoms with van der Waals surface area (Å²) >= 11 is 0. The summed E-state index contributed by atoms with van der Waals surface area (Å²) in [6.07, 6.45) is 0.509. The molecule has 0 spiro atoms. The van der Waals surface area contributed by atoms with Gasteiger partial charge in [-0.2, -0.15) is 0 Å². The highest BCUT2D eigenvalue weighted by atomic mass is 16.6. The second kappa shape index (κ2) is 8.01. The number of carbonyl (C=O) groups excluding carboxylic acids is 1. The van der Waals surface area contributed by atoms with E-state index in [-0.39, 0.29) is 12.1 Å². The van der Waals surface area contributed by atoms with Crippen molar-refractivity contribution in [2.75, 3.05) is 18.0 Å². The van der Waals surface area contributed by atoms with Crippen LogP contribution >= 0.6 is 0 Å². The fourth-order valence-corrected chi connectivity index (χ4v) is 3.95. The maximum Gasteiger partial charge on any atom is 0.407 e. The minimum atomic E-state index is -0.496. The molecule has 1 saturated heterocycles. The third-order valence-electron chi connectivity index (χ3n) is 5.42. The molecular weight excluding hydrogens is 376 g/mol. The van der Waals surface area contributed by atoms with Gasteiger partial charge >= 0.3 is 6.09 Å². The quantitative estimate of drug-likeness (QED) is 0.693. The Bertz CT molecular complexity index is 1050. The van der Waals surface area contributed by atoms with Crippen molar-refractivity contribution in [1.29, 1.82) is 0 Å². The number of ether oxygens (including phenoxy) is 1. The second-order valence-electron chi connectivity index (χ2n) is 8.99. The van der Waals surface area contributed by atoms with Gasteiger partial charge in [0, 0.05) is 13.1 Å². The van der Waals surface area contributed by atoms with Crippen LogP contribution in [0.15, 0.2) is 48.5 Å². The zero-order chi connectivity index (χ0) is 21.3. The van der Waals surface area contributed by atoms with Crippen LogP contribution in [0.4, 0.5) is 10.7 Å². The van der Waals surface area contributed by atoms with Crippen LogP contribution in [0, 0.1) is 6.92 Å². The molecule has 158 valence electrons. The molecule has 2 aromatic carbocycles. The molecule has 1 amide bonds. The van der Waals surface area contributed by atoms with E-state index in [2.05, 4.69) is 64.2 Å². The number of fused-ring (bicyclic) bond motifs is 1.